The molecule has 0 saturated heterocycles. The predicted molar refractivity (Wildman–Crippen MR) is 186 cm³/mol. The van der Waals surface area contributed by atoms with Gasteiger partial charge in [-0.15, -0.1) is 0 Å². The van der Waals surface area contributed by atoms with E-state index in [0.717, 1.165) is 5.57 Å². The van der Waals surface area contributed by atoms with Crippen LogP contribution in [0.1, 0.15) is 25.0 Å². The largest absolute Gasteiger partial charge is 0.0991 e. The second kappa shape index (κ2) is 9.16. The van der Waals surface area contributed by atoms with Crippen LogP contribution in [-0.2, 0) is 0 Å². The fraction of sp³-hybridized carbons (Fsp3) is 0.0476. The van der Waals surface area contributed by atoms with Gasteiger partial charge in [0.05, 0.1) is 0 Å². The summed E-state index contributed by atoms with van der Waals surface area (Å²) >= 11 is 0. The van der Waals surface area contributed by atoms with Crippen LogP contribution in [0.25, 0.3) is 87.3 Å². The summed E-state index contributed by atoms with van der Waals surface area (Å²) in [6.07, 6.45) is 12.4. The van der Waals surface area contributed by atoms with Gasteiger partial charge in [0.25, 0.3) is 0 Å². The molecule has 0 atom stereocenters. The Bertz CT molecular complexity index is 2340. The zero-order chi connectivity index (χ0) is 28.5. The second-order valence-electron chi connectivity index (χ2n) is 11.3. The lowest BCUT2D eigenvalue weighted by atomic mass is 9.82. The van der Waals surface area contributed by atoms with Crippen molar-refractivity contribution in [1.29, 1.82) is 0 Å². The third kappa shape index (κ3) is 3.18. The minimum Gasteiger partial charge on any atom is -0.0991 e. The summed E-state index contributed by atoms with van der Waals surface area (Å²) in [7, 11) is 0. The maximum atomic E-state index is 4.60. The average Bonchev–Trinajstić information content (AvgIpc) is 3.36. The molecule has 7 aromatic rings. The van der Waals surface area contributed by atoms with Crippen LogP contribution in [0.5, 0.6) is 0 Å². The number of hydrogen-bond acceptors (Lipinski definition) is 0. The Labute approximate surface area is 246 Å². The molecular formula is C42H30. The van der Waals surface area contributed by atoms with Gasteiger partial charge in [0.1, 0.15) is 0 Å². The molecule has 0 N–H and O–H groups in total. The van der Waals surface area contributed by atoms with Gasteiger partial charge in [-0.3, -0.25) is 0 Å². The van der Waals surface area contributed by atoms with Gasteiger partial charge in [-0.2, -0.15) is 0 Å². The fourth-order valence-corrected chi connectivity index (χ4v) is 7.46. The highest BCUT2D eigenvalue weighted by atomic mass is 14.3. The summed E-state index contributed by atoms with van der Waals surface area (Å²) in [5, 5.41) is 13.1. The van der Waals surface area contributed by atoms with E-state index in [1.165, 1.54) is 92.8 Å². The van der Waals surface area contributed by atoms with Crippen LogP contribution in [0.2, 0.25) is 0 Å². The van der Waals surface area contributed by atoms with Gasteiger partial charge < -0.3 is 0 Å². The normalized spacial score (nSPS) is 13.1. The molecule has 0 spiro atoms. The average molecular weight is 535 g/mol. The Morgan fingerprint density at radius 3 is 1.79 bits per heavy atom. The molecule has 0 heterocycles. The van der Waals surface area contributed by atoms with Crippen molar-refractivity contribution in [3.63, 3.8) is 0 Å². The highest BCUT2D eigenvalue weighted by molar-refractivity contribution is 6.38. The quantitative estimate of drug-likeness (QED) is 0.117. The lowest BCUT2D eigenvalue weighted by Crippen LogP contribution is -1.96. The molecule has 0 aromatic heterocycles. The Morgan fingerprint density at radius 1 is 0.595 bits per heavy atom. The number of fused-ring (bicyclic) bond motifs is 6. The van der Waals surface area contributed by atoms with Gasteiger partial charge in [0, 0.05) is 0 Å². The number of allylic oxidation sites excluding steroid dienone is 8. The van der Waals surface area contributed by atoms with Gasteiger partial charge in [0.2, 0.25) is 0 Å². The smallest absolute Gasteiger partial charge is 0.000774 e. The van der Waals surface area contributed by atoms with Crippen LogP contribution in [0.4, 0.5) is 0 Å². The molecule has 0 unspecified atom stereocenters. The summed E-state index contributed by atoms with van der Waals surface area (Å²) in [6.45, 7) is 12.8. The van der Waals surface area contributed by atoms with Crippen molar-refractivity contribution in [2.24, 2.45) is 0 Å². The Balaban J connectivity index is 1.62. The maximum Gasteiger partial charge on any atom is -0.000774 e. The first-order valence-corrected chi connectivity index (χ1v) is 14.6. The third-order valence-electron chi connectivity index (χ3n) is 9.09. The summed E-state index contributed by atoms with van der Waals surface area (Å²) in [5.41, 5.74) is 9.95. The van der Waals surface area contributed by atoms with Crippen LogP contribution in [-0.4, -0.2) is 0 Å². The van der Waals surface area contributed by atoms with E-state index in [9.17, 15) is 0 Å². The molecule has 0 saturated carbocycles. The zero-order valence-electron chi connectivity index (χ0n) is 24.0. The Morgan fingerprint density at radius 2 is 1.17 bits per heavy atom. The first-order valence-electron chi connectivity index (χ1n) is 14.6. The van der Waals surface area contributed by atoms with Crippen molar-refractivity contribution in [2.75, 3.05) is 0 Å². The van der Waals surface area contributed by atoms with Gasteiger partial charge in [-0.1, -0.05) is 135 Å². The Kier molecular flexibility index (Phi) is 5.36. The van der Waals surface area contributed by atoms with E-state index in [1.807, 2.05) is 12.2 Å². The van der Waals surface area contributed by atoms with Gasteiger partial charge in [-0.25, -0.2) is 0 Å². The van der Waals surface area contributed by atoms with Crippen LogP contribution in [0.3, 0.4) is 0 Å². The summed E-state index contributed by atoms with van der Waals surface area (Å²) in [4.78, 5) is 0. The van der Waals surface area contributed by atoms with E-state index in [-0.39, 0.29) is 0 Å². The van der Waals surface area contributed by atoms with Crippen molar-refractivity contribution in [3.8, 4) is 22.3 Å². The maximum absolute atomic E-state index is 4.60. The molecule has 0 aliphatic heterocycles. The topological polar surface area (TPSA) is 0 Å². The van der Waals surface area contributed by atoms with Crippen molar-refractivity contribution in [3.05, 3.63) is 146 Å². The van der Waals surface area contributed by atoms with Crippen molar-refractivity contribution in [2.45, 2.75) is 13.8 Å². The van der Waals surface area contributed by atoms with Crippen LogP contribution in [0.15, 0.2) is 135 Å². The highest BCUT2D eigenvalue weighted by Crippen LogP contribution is 2.57. The van der Waals surface area contributed by atoms with Crippen molar-refractivity contribution >= 4 is 65.0 Å². The number of rotatable bonds is 5. The predicted octanol–water partition coefficient (Wildman–Crippen LogP) is 12.3. The van der Waals surface area contributed by atoms with Crippen molar-refractivity contribution in [1.82, 2.24) is 0 Å². The fourth-order valence-electron chi connectivity index (χ4n) is 7.46. The van der Waals surface area contributed by atoms with Gasteiger partial charge >= 0.3 is 0 Å². The van der Waals surface area contributed by atoms with E-state index < -0.39 is 0 Å². The molecule has 42 heavy (non-hydrogen) atoms. The summed E-state index contributed by atoms with van der Waals surface area (Å²) in [5.74, 6) is 0. The standard InChI is InChI=1S/C42H30/c1-5-7-13-25(3)36-28-17-9-10-18-29(28)37(26(4)14-8-6-2)42-35-24-22-33-31-20-12-16-27-15-11-19-30(38(27)31)32-21-23-34(41(36)42)40(35)39(32)33/h5-24H,1,3H2,2,4H3/b8-6-,13-7-,26-14+. The first-order chi connectivity index (χ1) is 20.6. The highest BCUT2D eigenvalue weighted by Gasteiger charge is 2.31. The third-order valence-corrected chi connectivity index (χ3v) is 9.09. The molecule has 1 aliphatic rings. The molecule has 0 heteroatoms. The monoisotopic (exact) mass is 534 g/mol. The lowest BCUT2D eigenvalue weighted by molar-refractivity contribution is 1.59. The minimum atomic E-state index is 0.997. The molecule has 0 nitrogen and oxygen atoms in total. The number of hydrogen-bond donors (Lipinski definition) is 0. The zero-order valence-corrected chi connectivity index (χ0v) is 24.0. The molecule has 0 fully saturated rings. The van der Waals surface area contributed by atoms with E-state index in [2.05, 4.69) is 136 Å². The summed E-state index contributed by atoms with van der Waals surface area (Å²) in [6, 6.07) is 31.7. The molecule has 8 rings (SSSR count). The van der Waals surface area contributed by atoms with E-state index in [1.54, 1.807) is 0 Å². The molecule has 0 bridgehead atoms. The van der Waals surface area contributed by atoms with Crippen LogP contribution in [0, 0.1) is 0 Å². The molecule has 7 aromatic carbocycles. The van der Waals surface area contributed by atoms with Crippen LogP contribution < -0.4 is 0 Å². The molecule has 0 amide bonds. The molecular weight excluding hydrogens is 504 g/mol. The van der Waals surface area contributed by atoms with E-state index >= 15 is 0 Å². The molecule has 198 valence electrons. The van der Waals surface area contributed by atoms with Crippen molar-refractivity contribution < 1.29 is 0 Å². The van der Waals surface area contributed by atoms with E-state index in [4.69, 9.17) is 0 Å². The Hall–Kier alpha value is -5.20. The van der Waals surface area contributed by atoms with Gasteiger partial charge in [0.15, 0.2) is 0 Å². The molecule has 1 aliphatic carbocycles. The first kappa shape index (κ1) is 24.6. The SMILES string of the molecule is C=C/C=C\C(=C)c1c2c(c(/C(C)=C/C=C\C)c3ccccc13)-c1ccc3c4cccc5cccc(c6ccc-2c1c63)c54. The lowest BCUT2D eigenvalue weighted by Gasteiger charge is -2.20. The van der Waals surface area contributed by atoms with E-state index in [0.29, 0.717) is 0 Å². The second-order valence-corrected chi connectivity index (χ2v) is 11.3. The summed E-state index contributed by atoms with van der Waals surface area (Å²) < 4.78 is 0. The van der Waals surface area contributed by atoms with Crippen LogP contribution >= 0.6 is 0 Å². The van der Waals surface area contributed by atoms with Gasteiger partial charge in [-0.05, 0) is 112 Å². The number of benzene rings is 7. The molecule has 0 radical (unpaired) electrons. The minimum absolute atomic E-state index is 0.997.